The van der Waals surface area contributed by atoms with Gasteiger partial charge in [0.15, 0.2) is 5.75 Å². The van der Waals surface area contributed by atoms with Gasteiger partial charge in [0.05, 0.1) is 11.8 Å². The Bertz CT molecular complexity index is 635. The van der Waals surface area contributed by atoms with Crippen LogP contribution < -0.4 is 10.5 Å². The highest BCUT2D eigenvalue weighted by Gasteiger charge is 2.09. The molecule has 4 heteroatoms. The number of nitrogens with zero attached hydrogens (tertiary/aromatic N) is 1. The quantitative estimate of drug-likeness (QED) is 0.658. The van der Waals surface area contributed by atoms with E-state index in [2.05, 4.69) is 31.8 Å². The topological polar surface area (TPSA) is 72.0 Å². The number of pyridine rings is 1. The zero-order valence-electron chi connectivity index (χ0n) is 12.0. The highest BCUT2D eigenvalue weighted by atomic mass is 16.5. The molecule has 1 aromatic carbocycles. The smallest absolute Gasteiger partial charge is 0.156 e. The highest BCUT2D eigenvalue weighted by Crippen LogP contribution is 2.28. The molecule has 0 aliphatic carbocycles. The SMILES string of the molecule is Cc1cc(Oc2cnccc2C(=N)N)ccc1C(C)C. The minimum atomic E-state index is -0.0297. The fourth-order valence-electron chi connectivity index (χ4n) is 2.17. The van der Waals surface area contributed by atoms with Crippen LogP contribution in [0.2, 0.25) is 0 Å². The van der Waals surface area contributed by atoms with Gasteiger partial charge in [0.2, 0.25) is 0 Å². The molecular formula is C16H19N3O. The van der Waals surface area contributed by atoms with Gasteiger partial charge in [-0.3, -0.25) is 10.4 Å². The van der Waals surface area contributed by atoms with Gasteiger partial charge in [0.1, 0.15) is 11.6 Å². The summed E-state index contributed by atoms with van der Waals surface area (Å²) in [5, 5.41) is 7.54. The highest BCUT2D eigenvalue weighted by molar-refractivity contribution is 5.97. The Kier molecular flexibility index (Phi) is 4.03. The van der Waals surface area contributed by atoms with Crippen molar-refractivity contribution in [3.63, 3.8) is 0 Å². The van der Waals surface area contributed by atoms with Gasteiger partial charge in [0.25, 0.3) is 0 Å². The lowest BCUT2D eigenvalue weighted by atomic mass is 9.98. The van der Waals surface area contributed by atoms with Crippen LogP contribution in [0.4, 0.5) is 0 Å². The maximum absolute atomic E-state index is 7.54. The summed E-state index contributed by atoms with van der Waals surface area (Å²) in [6, 6.07) is 7.66. The predicted octanol–water partition coefficient (Wildman–Crippen LogP) is 3.59. The molecule has 0 atom stereocenters. The first-order valence-electron chi connectivity index (χ1n) is 6.56. The normalized spacial score (nSPS) is 10.6. The van der Waals surface area contributed by atoms with Crippen molar-refractivity contribution in [2.24, 2.45) is 5.73 Å². The Morgan fingerprint density at radius 3 is 2.65 bits per heavy atom. The van der Waals surface area contributed by atoms with Gasteiger partial charge in [-0.25, -0.2) is 0 Å². The average molecular weight is 269 g/mol. The lowest BCUT2D eigenvalue weighted by Gasteiger charge is -2.13. The second kappa shape index (κ2) is 5.74. The third kappa shape index (κ3) is 2.96. The molecule has 0 radical (unpaired) electrons. The van der Waals surface area contributed by atoms with Gasteiger partial charge >= 0.3 is 0 Å². The van der Waals surface area contributed by atoms with Gasteiger partial charge in [0, 0.05) is 6.20 Å². The van der Waals surface area contributed by atoms with Crippen molar-refractivity contribution in [2.45, 2.75) is 26.7 Å². The van der Waals surface area contributed by atoms with E-state index < -0.39 is 0 Å². The minimum absolute atomic E-state index is 0.0297. The Morgan fingerprint density at radius 2 is 2.05 bits per heavy atom. The molecule has 0 amide bonds. The Morgan fingerprint density at radius 1 is 1.30 bits per heavy atom. The molecule has 0 unspecified atom stereocenters. The first-order chi connectivity index (χ1) is 9.49. The van der Waals surface area contributed by atoms with Crippen molar-refractivity contribution in [2.75, 3.05) is 0 Å². The molecule has 2 rings (SSSR count). The van der Waals surface area contributed by atoms with Crippen LogP contribution in [0.15, 0.2) is 36.7 Å². The number of rotatable bonds is 4. The molecule has 0 spiro atoms. The van der Waals surface area contributed by atoms with E-state index >= 15 is 0 Å². The fourth-order valence-corrected chi connectivity index (χ4v) is 2.17. The lowest BCUT2D eigenvalue weighted by molar-refractivity contribution is 0.478. The number of amidine groups is 1. The molecule has 2 aromatic rings. The first-order valence-corrected chi connectivity index (χ1v) is 6.56. The number of ether oxygens (including phenoxy) is 1. The number of nitrogen functional groups attached to an aromatic ring is 1. The molecule has 0 saturated carbocycles. The number of aromatic nitrogens is 1. The molecule has 4 nitrogen and oxygen atoms in total. The lowest BCUT2D eigenvalue weighted by Crippen LogP contribution is -2.12. The molecule has 0 bridgehead atoms. The maximum Gasteiger partial charge on any atom is 0.156 e. The zero-order valence-corrected chi connectivity index (χ0v) is 12.0. The Hall–Kier alpha value is -2.36. The average Bonchev–Trinajstić information content (AvgIpc) is 2.38. The number of benzene rings is 1. The minimum Gasteiger partial charge on any atom is -0.455 e. The second-order valence-electron chi connectivity index (χ2n) is 5.06. The van der Waals surface area contributed by atoms with Crippen LogP contribution >= 0.6 is 0 Å². The summed E-state index contributed by atoms with van der Waals surface area (Å²) >= 11 is 0. The van der Waals surface area contributed by atoms with E-state index in [1.807, 2.05) is 12.1 Å². The standard InChI is InChI=1S/C16H19N3O/c1-10(2)13-5-4-12(8-11(13)3)20-15-9-19-7-6-14(15)16(17)18/h4-10H,1-3H3,(H3,17,18). The molecule has 1 heterocycles. The van der Waals surface area contributed by atoms with E-state index in [0.29, 0.717) is 17.2 Å². The second-order valence-corrected chi connectivity index (χ2v) is 5.06. The van der Waals surface area contributed by atoms with Gasteiger partial charge in [-0.2, -0.15) is 0 Å². The van der Waals surface area contributed by atoms with Crippen LogP contribution in [-0.4, -0.2) is 10.8 Å². The maximum atomic E-state index is 7.54. The molecule has 3 N–H and O–H groups in total. The van der Waals surface area contributed by atoms with Crippen molar-refractivity contribution in [1.82, 2.24) is 4.98 Å². The summed E-state index contributed by atoms with van der Waals surface area (Å²) < 4.78 is 5.80. The van der Waals surface area contributed by atoms with Gasteiger partial charge in [-0.15, -0.1) is 0 Å². The van der Waals surface area contributed by atoms with Crippen molar-refractivity contribution >= 4 is 5.84 Å². The van der Waals surface area contributed by atoms with Crippen molar-refractivity contribution in [3.8, 4) is 11.5 Å². The van der Waals surface area contributed by atoms with E-state index in [9.17, 15) is 0 Å². The molecule has 0 fully saturated rings. The van der Waals surface area contributed by atoms with E-state index in [1.54, 1.807) is 18.5 Å². The Labute approximate surface area is 119 Å². The monoisotopic (exact) mass is 269 g/mol. The molecular weight excluding hydrogens is 250 g/mol. The third-order valence-electron chi connectivity index (χ3n) is 3.17. The van der Waals surface area contributed by atoms with Crippen molar-refractivity contribution < 1.29 is 4.74 Å². The summed E-state index contributed by atoms with van der Waals surface area (Å²) in [6.45, 7) is 6.40. The summed E-state index contributed by atoms with van der Waals surface area (Å²) in [5.41, 5.74) is 8.57. The number of hydrogen-bond acceptors (Lipinski definition) is 3. The summed E-state index contributed by atoms with van der Waals surface area (Å²) in [4.78, 5) is 4.01. The largest absolute Gasteiger partial charge is 0.455 e. The van der Waals surface area contributed by atoms with Crippen molar-refractivity contribution in [3.05, 3.63) is 53.3 Å². The van der Waals surface area contributed by atoms with E-state index in [-0.39, 0.29) is 5.84 Å². The van der Waals surface area contributed by atoms with Gasteiger partial charge in [-0.1, -0.05) is 19.9 Å². The molecule has 20 heavy (non-hydrogen) atoms. The first kappa shape index (κ1) is 14.1. The summed E-state index contributed by atoms with van der Waals surface area (Å²) in [7, 11) is 0. The number of aryl methyl sites for hydroxylation is 1. The predicted molar refractivity (Wildman–Crippen MR) is 80.6 cm³/mol. The summed E-state index contributed by atoms with van der Waals surface area (Å²) in [6.07, 6.45) is 3.17. The molecule has 0 aliphatic rings. The van der Waals surface area contributed by atoms with Crippen LogP contribution in [0.5, 0.6) is 11.5 Å². The third-order valence-corrected chi connectivity index (χ3v) is 3.17. The number of nitrogens with two attached hydrogens (primary N) is 1. The zero-order chi connectivity index (χ0) is 14.7. The van der Waals surface area contributed by atoms with Crippen molar-refractivity contribution in [1.29, 1.82) is 5.41 Å². The van der Waals surface area contributed by atoms with E-state index in [4.69, 9.17) is 15.9 Å². The van der Waals surface area contributed by atoms with Crippen LogP contribution in [0.1, 0.15) is 36.5 Å². The van der Waals surface area contributed by atoms with E-state index in [1.165, 1.54) is 11.1 Å². The van der Waals surface area contributed by atoms with Gasteiger partial charge in [-0.05, 0) is 42.2 Å². The molecule has 104 valence electrons. The van der Waals surface area contributed by atoms with Crippen LogP contribution in [0.25, 0.3) is 0 Å². The van der Waals surface area contributed by atoms with Crippen LogP contribution in [0.3, 0.4) is 0 Å². The van der Waals surface area contributed by atoms with Crippen LogP contribution in [-0.2, 0) is 0 Å². The molecule has 0 saturated heterocycles. The molecule has 1 aromatic heterocycles. The Balaban J connectivity index is 2.31. The van der Waals surface area contributed by atoms with Crippen LogP contribution in [0, 0.1) is 12.3 Å². The molecule has 0 aliphatic heterocycles. The number of nitrogens with one attached hydrogen (secondary N) is 1. The van der Waals surface area contributed by atoms with E-state index in [0.717, 1.165) is 5.75 Å². The number of hydrogen-bond donors (Lipinski definition) is 2. The summed E-state index contributed by atoms with van der Waals surface area (Å²) in [5.74, 6) is 1.67. The van der Waals surface area contributed by atoms with Gasteiger partial charge < -0.3 is 10.5 Å². The fraction of sp³-hybridized carbons (Fsp3) is 0.250.